The first-order valence-electron chi connectivity index (χ1n) is 6.00. The molecule has 0 radical (unpaired) electrons. The standard InChI is InChI=1S/C13H16Cl2N2O3/c1-17(8-12(19)20)7-11(18)16-6-5-9-3-2-4-10(14)13(9)15/h2-4H,5-8H2,1H3,(H,16,18)(H,19,20). The summed E-state index contributed by atoms with van der Waals surface area (Å²) in [5, 5.41) is 12.3. The van der Waals surface area contributed by atoms with Gasteiger partial charge in [-0.25, -0.2) is 0 Å². The van der Waals surface area contributed by atoms with Crippen LogP contribution in [0, 0.1) is 0 Å². The van der Waals surface area contributed by atoms with Gasteiger partial charge in [0, 0.05) is 6.54 Å². The summed E-state index contributed by atoms with van der Waals surface area (Å²) in [6.45, 7) is 0.281. The fourth-order valence-corrected chi connectivity index (χ4v) is 2.08. The minimum atomic E-state index is -0.967. The molecule has 20 heavy (non-hydrogen) atoms. The number of likely N-dealkylation sites (N-methyl/N-ethyl adjacent to an activating group) is 1. The molecule has 1 aromatic rings. The van der Waals surface area contributed by atoms with Crippen molar-refractivity contribution in [3.8, 4) is 0 Å². The molecule has 0 bridgehead atoms. The number of nitrogens with zero attached hydrogens (tertiary/aromatic N) is 1. The summed E-state index contributed by atoms with van der Waals surface area (Å²) in [5.74, 6) is -1.20. The van der Waals surface area contributed by atoms with Crippen molar-refractivity contribution >= 4 is 35.1 Å². The molecule has 0 atom stereocenters. The number of rotatable bonds is 7. The lowest BCUT2D eigenvalue weighted by Gasteiger charge is -2.13. The Morgan fingerprint density at radius 1 is 1.30 bits per heavy atom. The fourth-order valence-electron chi connectivity index (χ4n) is 1.67. The predicted octanol–water partition coefficient (Wildman–Crippen LogP) is 1.67. The highest BCUT2D eigenvalue weighted by Gasteiger charge is 2.09. The van der Waals surface area contributed by atoms with Gasteiger partial charge in [-0.05, 0) is 25.1 Å². The van der Waals surface area contributed by atoms with Crippen LogP contribution in [0.1, 0.15) is 5.56 Å². The number of hydrogen-bond donors (Lipinski definition) is 2. The average molecular weight is 319 g/mol. The van der Waals surface area contributed by atoms with Crippen molar-refractivity contribution in [3.63, 3.8) is 0 Å². The maximum Gasteiger partial charge on any atom is 0.317 e. The lowest BCUT2D eigenvalue weighted by atomic mass is 10.1. The summed E-state index contributed by atoms with van der Waals surface area (Å²) >= 11 is 11.9. The minimum absolute atomic E-state index is 0.0373. The molecule has 0 aliphatic heterocycles. The lowest BCUT2D eigenvalue weighted by molar-refractivity contribution is -0.138. The Bertz CT molecular complexity index is 495. The van der Waals surface area contributed by atoms with Gasteiger partial charge in [0.15, 0.2) is 0 Å². The molecule has 110 valence electrons. The highest BCUT2D eigenvalue weighted by molar-refractivity contribution is 6.42. The lowest BCUT2D eigenvalue weighted by Crippen LogP contribution is -2.38. The maximum absolute atomic E-state index is 11.6. The molecule has 0 aromatic heterocycles. The molecule has 7 heteroatoms. The first-order chi connectivity index (χ1) is 9.40. The molecule has 0 unspecified atom stereocenters. The Balaban J connectivity index is 2.35. The first kappa shape index (κ1) is 16.8. The number of halogens is 2. The van der Waals surface area contributed by atoms with E-state index in [4.69, 9.17) is 28.3 Å². The molecule has 0 aliphatic carbocycles. The SMILES string of the molecule is CN(CC(=O)O)CC(=O)NCCc1cccc(Cl)c1Cl. The van der Waals surface area contributed by atoms with E-state index >= 15 is 0 Å². The number of carbonyl (C=O) groups excluding carboxylic acids is 1. The third-order valence-corrected chi connectivity index (χ3v) is 3.42. The number of carboxylic acid groups (broad SMARTS) is 1. The predicted molar refractivity (Wildman–Crippen MR) is 78.3 cm³/mol. The molecule has 0 saturated heterocycles. The summed E-state index contributed by atoms with van der Waals surface area (Å²) in [6, 6.07) is 5.34. The van der Waals surface area contributed by atoms with Gasteiger partial charge in [0.25, 0.3) is 0 Å². The second kappa shape index (κ2) is 8.09. The zero-order valence-electron chi connectivity index (χ0n) is 11.0. The quantitative estimate of drug-likeness (QED) is 0.802. The van der Waals surface area contributed by atoms with Gasteiger partial charge >= 0.3 is 5.97 Å². The zero-order valence-corrected chi connectivity index (χ0v) is 12.5. The number of carbonyl (C=O) groups is 2. The van der Waals surface area contributed by atoms with E-state index in [1.54, 1.807) is 19.2 Å². The van der Waals surface area contributed by atoms with Crippen LogP contribution in [-0.2, 0) is 16.0 Å². The van der Waals surface area contributed by atoms with Crippen molar-refractivity contribution in [3.05, 3.63) is 33.8 Å². The van der Waals surface area contributed by atoms with Crippen molar-refractivity contribution in [2.24, 2.45) is 0 Å². The molecule has 1 amide bonds. The maximum atomic E-state index is 11.6. The van der Waals surface area contributed by atoms with Crippen molar-refractivity contribution in [1.29, 1.82) is 0 Å². The molecule has 0 fully saturated rings. The smallest absolute Gasteiger partial charge is 0.317 e. The van der Waals surface area contributed by atoms with Crippen LogP contribution in [0.2, 0.25) is 10.0 Å². The van der Waals surface area contributed by atoms with E-state index in [0.717, 1.165) is 5.56 Å². The van der Waals surface area contributed by atoms with Crippen LogP contribution in [0.3, 0.4) is 0 Å². The molecular weight excluding hydrogens is 303 g/mol. The van der Waals surface area contributed by atoms with E-state index in [1.165, 1.54) is 4.90 Å². The van der Waals surface area contributed by atoms with Gasteiger partial charge in [0.05, 0.1) is 23.1 Å². The second-order valence-corrected chi connectivity index (χ2v) is 5.16. The molecule has 0 spiro atoms. The molecule has 0 aliphatic rings. The number of amides is 1. The highest BCUT2D eigenvalue weighted by Crippen LogP contribution is 2.25. The van der Waals surface area contributed by atoms with Gasteiger partial charge < -0.3 is 10.4 Å². The van der Waals surface area contributed by atoms with Gasteiger partial charge in [-0.1, -0.05) is 35.3 Å². The van der Waals surface area contributed by atoms with Gasteiger partial charge in [-0.2, -0.15) is 0 Å². The molecule has 0 heterocycles. The molecule has 0 saturated carbocycles. The number of nitrogens with one attached hydrogen (secondary N) is 1. The normalized spacial score (nSPS) is 10.6. The van der Waals surface area contributed by atoms with Crippen LogP contribution in [0.4, 0.5) is 0 Å². The van der Waals surface area contributed by atoms with Crippen molar-refractivity contribution in [2.45, 2.75) is 6.42 Å². The zero-order chi connectivity index (χ0) is 15.1. The Morgan fingerprint density at radius 2 is 2.00 bits per heavy atom. The third kappa shape index (κ3) is 5.77. The van der Waals surface area contributed by atoms with Crippen LogP contribution in [-0.4, -0.2) is 48.6 Å². The van der Waals surface area contributed by atoms with E-state index in [9.17, 15) is 9.59 Å². The van der Waals surface area contributed by atoms with Gasteiger partial charge in [-0.15, -0.1) is 0 Å². The Labute approximate surface area is 127 Å². The van der Waals surface area contributed by atoms with Crippen molar-refractivity contribution < 1.29 is 14.7 Å². The Kier molecular flexibility index (Phi) is 6.78. The summed E-state index contributed by atoms with van der Waals surface area (Å²) in [7, 11) is 1.57. The topological polar surface area (TPSA) is 69.6 Å². The second-order valence-electron chi connectivity index (χ2n) is 4.38. The average Bonchev–Trinajstić information content (AvgIpc) is 2.33. The summed E-state index contributed by atoms with van der Waals surface area (Å²) in [6.07, 6.45) is 0.563. The number of aliphatic carboxylic acids is 1. The van der Waals surface area contributed by atoms with E-state index in [1.807, 2.05) is 6.07 Å². The number of benzene rings is 1. The molecule has 1 aromatic carbocycles. The van der Waals surface area contributed by atoms with Crippen molar-refractivity contribution in [2.75, 3.05) is 26.7 Å². The fraction of sp³-hybridized carbons (Fsp3) is 0.385. The molecule has 2 N–H and O–H groups in total. The van der Waals surface area contributed by atoms with Gasteiger partial charge in [0.1, 0.15) is 0 Å². The van der Waals surface area contributed by atoms with Crippen LogP contribution in [0.25, 0.3) is 0 Å². The van der Waals surface area contributed by atoms with Crippen molar-refractivity contribution in [1.82, 2.24) is 10.2 Å². The van der Waals surface area contributed by atoms with Crippen LogP contribution in [0.5, 0.6) is 0 Å². The number of hydrogen-bond acceptors (Lipinski definition) is 3. The summed E-state index contributed by atoms with van der Waals surface area (Å²) in [5.41, 5.74) is 0.860. The number of carboxylic acids is 1. The van der Waals surface area contributed by atoms with E-state index in [2.05, 4.69) is 5.32 Å². The summed E-state index contributed by atoms with van der Waals surface area (Å²) in [4.78, 5) is 23.5. The molecular formula is C13H16Cl2N2O3. The van der Waals surface area contributed by atoms with E-state index in [0.29, 0.717) is 23.0 Å². The molecule has 5 nitrogen and oxygen atoms in total. The molecule has 1 rings (SSSR count). The van der Waals surface area contributed by atoms with E-state index < -0.39 is 5.97 Å². The van der Waals surface area contributed by atoms with Gasteiger partial charge in [0.2, 0.25) is 5.91 Å². The Hall–Kier alpha value is -1.30. The first-order valence-corrected chi connectivity index (χ1v) is 6.75. The third-order valence-electron chi connectivity index (χ3n) is 2.57. The van der Waals surface area contributed by atoms with Gasteiger partial charge in [-0.3, -0.25) is 14.5 Å². The largest absolute Gasteiger partial charge is 0.480 e. The highest BCUT2D eigenvalue weighted by atomic mass is 35.5. The summed E-state index contributed by atoms with van der Waals surface area (Å²) < 4.78 is 0. The van der Waals surface area contributed by atoms with Crippen LogP contribution >= 0.6 is 23.2 Å². The van der Waals surface area contributed by atoms with E-state index in [-0.39, 0.29) is 19.0 Å². The Morgan fingerprint density at radius 3 is 2.65 bits per heavy atom. The monoisotopic (exact) mass is 318 g/mol. The van der Waals surface area contributed by atoms with Crippen LogP contribution < -0.4 is 5.32 Å². The van der Waals surface area contributed by atoms with Crippen LogP contribution in [0.15, 0.2) is 18.2 Å². The minimum Gasteiger partial charge on any atom is -0.480 e.